The summed E-state index contributed by atoms with van der Waals surface area (Å²) in [4.78, 5) is 22.0. The van der Waals surface area contributed by atoms with Crippen molar-refractivity contribution in [3.63, 3.8) is 0 Å². The van der Waals surface area contributed by atoms with E-state index in [1.165, 1.54) is 17.3 Å². The lowest BCUT2D eigenvalue weighted by atomic mass is 10.2. The molecule has 9 nitrogen and oxygen atoms in total. The summed E-state index contributed by atoms with van der Waals surface area (Å²) in [7, 11) is 0. The van der Waals surface area contributed by atoms with Crippen LogP contribution in [0.2, 0.25) is 0 Å². The number of carbonyl (C=O) groups is 1. The Morgan fingerprint density at radius 2 is 2.50 bits per heavy atom. The number of ether oxygens (including phenoxy) is 1. The third-order valence-electron chi connectivity index (χ3n) is 3.09. The number of aryl methyl sites for hydroxylation is 1. The van der Waals surface area contributed by atoms with E-state index in [2.05, 4.69) is 25.3 Å². The van der Waals surface area contributed by atoms with Crippen LogP contribution in [0.15, 0.2) is 12.7 Å². The summed E-state index contributed by atoms with van der Waals surface area (Å²) in [6, 6.07) is 0. The molecule has 0 spiro atoms. The highest BCUT2D eigenvalue weighted by atomic mass is 16.5. The van der Waals surface area contributed by atoms with Gasteiger partial charge >= 0.3 is 0 Å². The van der Waals surface area contributed by atoms with Crippen LogP contribution < -0.4 is 0 Å². The predicted octanol–water partition coefficient (Wildman–Crippen LogP) is -0.695. The van der Waals surface area contributed by atoms with E-state index in [-0.39, 0.29) is 18.6 Å². The molecule has 1 amide bonds. The number of aromatic amines is 1. The van der Waals surface area contributed by atoms with Crippen molar-refractivity contribution < 1.29 is 9.53 Å². The molecule has 1 aliphatic rings. The highest BCUT2D eigenvalue weighted by Crippen LogP contribution is 2.19. The number of aromatic nitrogens is 6. The van der Waals surface area contributed by atoms with Crippen molar-refractivity contribution in [1.29, 1.82) is 0 Å². The molecule has 2 aromatic rings. The van der Waals surface area contributed by atoms with Gasteiger partial charge in [-0.1, -0.05) is 0 Å². The summed E-state index contributed by atoms with van der Waals surface area (Å²) >= 11 is 0. The van der Waals surface area contributed by atoms with Crippen molar-refractivity contribution in [2.24, 2.45) is 0 Å². The van der Waals surface area contributed by atoms with Crippen LogP contribution in [0, 0.1) is 6.92 Å². The minimum atomic E-state index is -0.284. The number of carbonyl (C=O) groups excluding carboxylic acids is 1. The second-order valence-electron chi connectivity index (χ2n) is 4.57. The van der Waals surface area contributed by atoms with Crippen LogP contribution in [0.25, 0.3) is 0 Å². The second-order valence-corrected chi connectivity index (χ2v) is 4.57. The Morgan fingerprint density at radius 3 is 3.20 bits per heavy atom. The first-order valence-corrected chi connectivity index (χ1v) is 6.33. The Morgan fingerprint density at radius 1 is 1.60 bits per heavy atom. The zero-order valence-corrected chi connectivity index (χ0v) is 11.1. The first kappa shape index (κ1) is 12.7. The average Bonchev–Trinajstić information content (AvgIpc) is 3.10. The van der Waals surface area contributed by atoms with Crippen LogP contribution in [0.5, 0.6) is 0 Å². The Hall–Kier alpha value is -2.29. The number of hydrogen-bond acceptors (Lipinski definition) is 6. The predicted molar refractivity (Wildman–Crippen MR) is 66.4 cm³/mol. The first-order chi connectivity index (χ1) is 9.72. The number of nitrogens with zero attached hydrogens (tertiary/aromatic N) is 6. The molecule has 106 valence electrons. The van der Waals surface area contributed by atoms with Crippen molar-refractivity contribution in [2.45, 2.75) is 19.6 Å². The summed E-state index contributed by atoms with van der Waals surface area (Å²) in [6.07, 6.45) is 2.65. The molecule has 9 heteroatoms. The number of hydrogen-bond donors (Lipinski definition) is 1. The molecule has 3 heterocycles. The lowest BCUT2D eigenvalue weighted by Crippen LogP contribution is -2.44. The van der Waals surface area contributed by atoms with Gasteiger partial charge in [-0.15, -0.1) is 0 Å². The van der Waals surface area contributed by atoms with Gasteiger partial charge in [0.15, 0.2) is 5.82 Å². The van der Waals surface area contributed by atoms with E-state index in [4.69, 9.17) is 4.74 Å². The van der Waals surface area contributed by atoms with Gasteiger partial charge in [-0.25, -0.2) is 14.6 Å². The van der Waals surface area contributed by atoms with Crippen molar-refractivity contribution in [1.82, 2.24) is 34.8 Å². The van der Waals surface area contributed by atoms with Crippen molar-refractivity contribution >= 4 is 5.91 Å². The van der Waals surface area contributed by atoms with E-state index in [1.54, 1.807) is 4.90 Å². The van der Waals surface area contributed by atoms with Crippen LogP contribution in [-0.2, 0) is 16.1 Å². The molecule has 1 atom stereocenters. The molecular weight excluding hydrogens is 262 g/mol. The zero-order valence-electron chi connectivity index (χ0n) is 11.1. The van der Waals surface area contributed by atoms with Gasteiger partial charge in [-0.3, -0.25) is 9.89 Å². The summed E-state index contributed by atoms with van der Waals surface area (Å²) in [6.45, 7) is 3.49. The molecule has 0 radical (unpaired) electrons. The van der Waals surface area contributed by atoms with Gasteiger partial charge in [-0.2, -0.15) is 10.2 Å². The molecule has 0 saturated carbocycles. The largest absolute Gasteiger partial charge is 0.366 e. The van der Waals surface area contributed by atoms with E-state index in [9.17, 15) is 4.79 Å². The van der Waals surface area contributed by atoms with Crippen LogP contribution in [0.3, 0.4) is 0 Å². The van der Waals surface area contributed by atoms with Crippen LogP contribution in [-0.4, -0.2) is 60.4 Å². The fourth-order valence-electron chi connectivity index (χ4n) is 2.09. The Labute approximate surface area is 115 Å². The van der Waals surface area contributed by atoms with Crippen molar-refractivity contribution in [3.05, 3.63) is 24.3 Å². The van der Waals surface area contributed by atoms with Crippen molar-refractivity contribution in [2.75, 3.05) is 19.7 Å². The smallest absolute Gasteiger partial charge is 0.244 e. The molecule has 1 saturated heterocycles. The van der Waals surface area contributed by atoms with Gasteiger partial charge < -0.3 is 9.64 Å². The molecule has 20 heavy (non-hydrogen) atoms. The normalized spacial score (nSPS) is 19.2. The van der Waals surface area contributed by atoms with Gasteiger partial charge in [-0.05, 0) is 6.92 Å². The van der Waals surface area contributed by atoms with E-state index in [1.807, 2.05) is 6.92 Å². The summed E-state index contributed by atoms with van der Waals surface area (Å²) in [5.41, 5.74) is 0. The molecule has 1 aliphatic heterocycles. The maximum absolute atomic E-state index is 12.2. The number of nitrogens with one attached hydrogen (secondary N) is 1. The van der Waals surface area contributed by atoms with Crippen LogP contribution >= 0.6 is 0 Å². The minimum Gasteiger partial charge on any atom is -0.366 e. The van der Waals surface area contributed by atoms with Crippen LogP contribution in [0.4, 0.5) is 0 Å². The molecule has 2 aromatic heterocycles. The van der Waals surface area contributed by atoms with Crippen LogP contribution in [0.1, 0.15) is 17.8 Å². The lowest BCUT2D eigenvalue weighted by Gasteiger charge is -2.31. The van der Waals surface area contributed by atoms with Gasteiger partial charge in [0, 0.05) is 6.54 Å². The van der Waals surface area contributed by atoms with Gasteiger partial charge in [0.1, 0.15) is 31.1 Å². The molecule has 0 aromatic carbocycles. The quantitative estimate of drug-likeness (QED) is 0.796. The van der Waals surface area contributed by atoms with Gasteiger partial charge in [0.05, 0.1) is 13.2 Å². The maximum Gasteiger partial charge on any atom is 0.244 e. The minimum absolute atomic E-state index is 0.0175. The average molecular weight is 277 g/mol. The summed E-state index contributed by atoms with van der Waals surface area (Å²) < 4.78 is 7.12. The van der Waals surface area contributed by atoms with E-state index >= 15 is 0 Å². The number of H-pyrrole nitrogens is 1. The van der Waals surface area contributed by atoms with E-state index < -0.39 is 0 Å². The number of amides is 1. The van der Waals surface area contributed by atoms with E-state index in [0.29, 0.717) is 25.5 Å². The number of rotatable bonds is 3. The van der Waals surface area contributed by atoms with Gasteiger partial charge in [0.2, 0.25) is 5.91 Å². The first-order valence-electron chi connectivity index (χ1n) is 6.33. The topological polar surface area (TPSA) is 102 Å². The maximum atomic E-state index is 12.2. The molecule has 0 aliphatic carbocycles. The Kier molecular flexibility index (Phi) is 3.42. The van der Waals surface area contributed by atoms with Crippen molar-refractivity contribution in [3.8, 4) is 0 Å². The molecule has 1 fully saturated rings. The second kappa shape index (κ2) is 5.37. The Balaban J connectivity index is 1.64. The third-order valence-corrected chi connectivity index (χ3v) is 3.09. The SMILES string of the molecule is Cc1nc(C2CN(C(=O)Cn3cncn3)CCO2)n[nH]1. The highest BCUT2D eigenvalue weighted by Gasteiger charge is 2.27. The third kappa shape index (κ3) is 2.67. The molecule has 3 rings (SSSR count). The van der Waals surface area contributed by atoms with E-state index in [0.717, 1.165) is 5.82 Å². The summed E-state index contributed by atoms with van der Waals surface area (Å²) in [5.74, 6) is 1.30. The standard InChI is InChI=1S/C11H15N7O2/c1-8-14-11(16-15-8)9-4-17(2-3-20-9)10(19)5-18-7-12-6-13-18/h6-7,9H,2-5H2,1H3,(H,14,15,16). The lowest BCUT2D eigenvalue weighted by molar-refractivity contribution is -0.140. The van der Waals surface area contributed by atoms with Gasteiger partial charge in [0.25, 0.3) is 0 Å². The Bertz CT molecular complexity index is 579. The molecular formula is C11H15N7O2. The zero-order chi connectivity index (χ0) is 13.9. The summed E-state index contributed by atoms with van der Waals surface area (Å²) in [5, 5.41) is 10.8. The molecule has 0 bridgehead atoms. The highest BCUT2D eigenvalue weighted by molar-refractivity contribution is 5.76. The monoisotopic (exact) mass is 277 g/mol. The fourth-order valence-corrected chi connectivity index (χ4v) is 2.09. The fraction of sp³-hybridized carbons (Fsp3) is 0.545. The molecule has 1 unspecified atom stereocenters. The number of morpholine rings is 1. The molecule has 1 N–H and O–H groups in total.